The van der Waals surface area contributed by atoms with E-state index in [2.05, 4.69) is 52.8 Å². The fourth-order valence-electron chi connectivity index (χ4n) is 4.56. The zero-order valence-electron chi connectivity index (χ0n) is 22.3. The van der Waals surface area contributed by atoms with Crippen molar-refractivity contribution in [3.05, 3.63) is 98.2 Å². The number of aromatic nitrogens is 1. The molecule has 5 rings (SSSR count). The van der Waals surface area contributed by atoms with E-state index in [1.54, 1.807) is 38.1 Å². The van der Waals surface area contributed by atoms with E-state index in [-0.39, 0.29) is 17.7 Å². The third kappa shape index (κ3) is 5.62. The van der Waals surface area contributed by atoms with Crippen molar-refractivity contribution in [2.75, 3.05) is 20.8 Å². The molecule has 0 unspecified atom stereocenters. The number of hydrogen-bond acceptors (Lipinski definition) is 8. The number of rotatable bonds is 7. The largest absolute Gasteiger partial charge is 0.493 e. The molecule has 4 aromatic rings. The molecule has 0 saturated carbocycles. The molecule has 41 heavy (non-hydrogen) atoms. The maximum atomic E-state index is 14.0. The second-order valence-corrected chi connectivity index (χ2v) is 12.5. The van der Waals surface area contributed by atoms with Crippen LogP contribution in [0.2, 0.25) is 0 Å². The van der Waals surface area contributed by atoms with Crippen molar-refractivity contribution in [2.24, 2.45) is 4.99 Å². The standard InChI is InChI=1S/C29H23Br3N2O6S/c1-5-39-28(36)25-14(2)33-29-34(26(25)18-12-22(37-3)23(38-4)13-20(18)32)27(35)24(41-29)11-16-7-9-21(40-16)17-10-15(30)6-8-19(17)31/h6-13,26H,5H2,1-4H3/b24-11+/t26-/m0/s1. The van der Waals surface area contributed by atoms with E-state index in [1.165, 1.54) is 30.1 Å². The van der Waals surface area contributed by atoms with E-state index in [9.17, 15) is 9.59 Å². The summed E-state index contributed by atoms with van der Waals surface area (Å²) in [5.41, 5.74) is 1.89. The van der Waals surface area contributed by atoms with Crippen molar-refractivity contribution in [1.29, 1.82) is 0 Å². The van der Waals surface area contributed by atoms with E-state index >= 15 is 0 Å². The average molecular weight is 767 g/mol. The van der Waals surface area contributed by atoms with Crippen LogP contribution in [0, 0.1) is 0 Å². The van der Waals surface area contributed by atoms with Gasteiger partial charge in [0, 0.05) is 25.1 Å². The van der Waals surface area contributed by atoms with Crippen molar-refractivity contribution >= 4 is 71.2 Å². The number of allylic oxidation sites excluding steroid dienone is 1. The molecular weight excluding hydrogens is 744 g/mol. The molecule has 0 aliphatic carbocycles. The number of methoxy groups -OCH3 is 2. The van der Waals surface area contributed by atoms with E-state index in [0.29, 0.717) is 48.1 Å². The highest BCUT2D eigenvalue weighted by Crippen LogP contribution is 2.41. The number of nitrogens with zero attached hydrogens (tertiary/aromatic N) is 2. The molecule has 0 spiro atoms. The molecule has 2 aromatic carbocycles. The first-order chi connectivity index (χ1) is 19.7. The Morgan fingerprint density at radius 2 is 1.80 bits per heavy atom. The third-order valence-corrected chi connectivity index (χ3v) is 9.26. The summed E-state index contributed by atoms with van der Waals surface area (Å²) >= 11 is 11.9. The van der Waals surface area contributed by atoms with Crippen LogP contribution >= 0.6 is 59.1 Å². The molecule has 0 fully saturated rings. The van der Waals surface area contributed by atoms with Gasteiger partial charge in [-0.2, -0.15) is 0 Å². The minimum atomic E-state index is -0.827. The van der Waals surface area contributed by atoms with Gasteiger partial charge in [0.1, 0.15) is 11.5 Å². The molecule has 1 aliphatic rings. The molecule has 0 amide bonds. The molecule has 8 nitrogen and oxygen atoms in total. The van der Waals surface area contributed by atoms with Gasteiger partial charge in [0.2, 0.25) is 0 Å². The van der Waals surface area contributed by atoms with Gasteiger partial charge in [0.15, 0.2) is 16.3 Å². The van der Waals surface area contributed by atoms with Gasteiger partial charge in [0.05, 0.1) is 42.7 Å². The number of carbonyl (C=O) groups excluding carboxylic acids is 1. The molecule has 2 aromatic heterocycles. The van der Waals surface area contributed by atoms with Gasteiger partial charge in [-0.25, -0.2) is 9.79 Å². The van der Waals surface area contributed by atoms with Crippen molar-refractivity contribution < 1.29 is 23.4 Å². The van der Waals surface area contributed by atoms with Crippen molar-refractivity contribution in [3.8, 4) is 22.8 Å². The highest BCUT2D eigenvalue weighted by molar-refractivity contribution is 9.11. The van der Waals surface area contributed by atoms with Crippen LogP contribution in [-0.2, 0) is 9.53 Å². The van der Waals surface area contributed by atoms with Gasteiger partial charge in [-0.1, -0.05) is 59.1 Å². The smallest absolute Gasteiger partial charge is 0.338 e. The lowest BCUT2D eigenvalue weighted by molar-refractivity contribution is -0.139. The Labute approximate surface area is 264 Å². The Balaban J connectivity index is 1.69. The van der Waals surface area contributed by atoms with Crippen LogP contribution in [0.3, 0.4) is 0 Å². The Kier molecular flexibility index (Phi) is 8.74. The van der Waals surface area contributed by atoms with Crippen LogP contribution in [0.4, 0.5) is 0 Å². The number of fused-ring (bicyclic) bond motifs is 1. The van der Waals surface area contributed by atoms with Gasteiger partial charge in [-0.3, -0.25) is 9.36 Å². The maximum absolute atomic E-state index is 14.0. The Morgan fingerprint density at radius 3 is 2.51 bits per heavy atom. The first kappa shape index (κ1) is 29.6. The number of hydrogen-bond donors (Lipinski definition) is 0. The molecular formula is C29H23Br3N2O6S. The lowest BCUT2D eigenvalue weighted by Crippen LogP contribution is -2.40. The predicted octanol–water partition coefficient (Wildman–Crippen LogP) is 6.36. The van der Waals surface area contributed by atoms with Crippen molar-refractivity contribution in [3.63, 3.8) is 0 Å². The molecule has 0 bridgehead atoms. The molecule has 12 heteroatoms. The number of thiazole rings is 1. The van der Waals surface area contributed by atoms with E-state index < -0.39 is 12.0 Å². The lowest BCUT2D eigenvalue weighted by Gasteiger charge is -2.26. The zero-order chi connectivity index (χ0) is 29.4. The van der Waals surface area contributed by atoms with Gasteiger partial charge in [-0.15, -0.1) is 0 Å². The molecule has 0 radical (unpaired) electrons. The number of ether oxygens (including phenoxy) is 3. The molecule has 1 aliphatic heterocycles. The van der Waals surface area contributed by atoms with Crippen LogP contribution in [0.1, 0.15) is 31.2 Å². The van der Waals surface area contributed by atoms with Crippen molar-refractivity contribution in [2.45, 2.75) is 19.9 Å². The summed E-state index contributed by atoms with van der Waals surface area (Å²) in [6.07, 6.45) is 1.68. The maximum Gasteiger partial charge on any atom is 0.338 e. The monoisotopic (exact) mass is 764 g/mol. The first-order valence-electron chi connectivity index (χ1n) is 12.3. The summed E-state index contributed by atoms with van der Waals surface area (Å²) in [5.74, 6) is 1.55. The molecule has 0 saturated heterocycles. The highest BCUT2D eigenvalue weighted by Gasteiger charge is 2.35. The summed E-state index contributed by atoms with van der Waals surface area (Å²) in [6, 6.07) is 12.1. The number of carbonyl (C=O) groups is 1. The summed E-state index contributed by atoms with van der Waals surface area (Å²) in [4.78, 5) is 32.3. The summed E-state index contributed by atoms with van der Waals surface area (Å²) in [6.45, 7) is 3.64. The van der Waals surface area contributed by atoms with Crippen LogP contribution < -0.4 is 24.4 Å². The topological polar surface area (TPSA) is 92.3 Å². The van der Waals surface area contributed by atoms with E-state index in [4.69, 9.17) is 18.6 Å². The van der Waals surface area contributed by atoms with Gasteiger partial charge < -0.3 is 18.6 Å². The zero-order valence-corrected chi connectivity index (χ0v) is 27.9. The lowest BCUT2D eigenvalue weighted by atomic mass is 9.95. The Hall–Kier alpha value is -2.93. The molecule has 1 atom stereocenters. The second-order valence-electron chi connectivity index (χ2n) is 8.86. The number of halogens is 3. The van der Waals surface area contributed by atoms with Crippen LogP contribution in [0.25, 0.3) is 17.4 Å². The van der Waals surface area contributed by atoms with Gasteiger partial charge >= 0.3 is 5.97 Å². The summed E-state index contributed by atoms with van der Waals surface area (Å²) in [5, 5.41) is 0. The number of esters is 1. The number of furan rings is 1. The predicted molar refractivity (Wildman–Crippen MR) is 167 cm³/mol. The second kappa shape index (κ2) is 12.1. The normalized spacial score (nSPS) is 15.0. The molecule has 212 valence electrons. The van der Waals surface area contributed by atoms with E-state index in [0.717, 1.165) is 14.5 Å². The number of benzene rings is 2. The van der Waals surface area contributed by atoms with Crippen LogP contribution in [0.15, 0.2) is 81.4 Å². The van der Waals surface area contributed by atoms with Crippen LogP contribution in [0.5, 0.6) is 11.5 Å². The summed E-state index contributed by atoms with van der Waals surface area (Å²) in [7, 11) is 3.06. The van der Waals surface area contributed by atoms with Gasteiger partial charge in [0.25, 0.3) is 5.56 Å². The molecule has 0 N–H and O–H groups in total. The fraction of sp³-hybridized carbons (Fsp3) is 0.207. The average Bonchev–Trinajstić information content (AvgIpc) is 3.53. The SMILES string of the molecule is CCOC(=O)C1=C(C)N=c2s/c(=C/c3ccc(-c4cc(Br)ccc4Br)o3)c(=O)n2[C@H]1c1cc(OC)c(OC)cc1Br. The van der Waals surface area contributed by atoms with Crippen LogP contribution in [-0.4, -0.2) is 31.4 Å². The van der Waals surface area contributed by atoms with E-state index in [1.807, 2.05) is 24.3 Å². The highest BCUT2D eigenvalue weighted by atomic mass is 79.9. The minimum absolute atomic E-state index is 0.175. The third-order valence-electron chi connectivity index (χ3n) is 6.41. The molecule has 3 heterocycles. The van der Waals surface area contributed by atoms with Crippen molar-refractivity contribution in [1.82, 2.24) is 4.57 Å². The first-order valence-corrected chi connectivity index (χ1v) is 15.5. The summed E-state index contributed by atoms with van der Waals surface area (Å²) < 4.78 is 26.8. The minimum Gasteiger partial charge on any atom is -0.493 e. The Bertz CT molecular complexity index is 1890. The van der Waals surface area contributed by atoms with Gasteiger partial charge in [-0.05, 0) is 61.9 Å². The fourth-order valence-corrected chi connectivity index (χ4v) is 6.92. The quantitative estimate of drug-likeness (QED) is 0.204. The Morgan fingerprint density at radius 1 is 1.07 bits per heavy atom.